The Labute approximate surface area is 201 Å². The molecule has 2 atom stereocenters. The Hall–Kier alpha value is -1.89. The highest BCUT2D eigenvalue weighted by Gasteiger charge is 2.32. The van der Waals surface area contributed by atoms with E-state index >= 15 is 0 Å². The van der Waals surface area contributed by atoms with E-state index in [9.17, 15) is 9.59 Å². The highest BCUT2D eigenvalue weighted by Crippen LogP contribution is 2.42. The third-order valence-electron chi connectivity index (χ3n) is 6.43. The third-order valence-corrected chi connectivity index (χ3v) is 8.14. The molecule has 0 radical (unpaired) electrons. The van der Waals surface area contributed by atoms with Crippen LogP contribution in [0.15, 0.2) is 29.3 Å². The fourth-order valence-electron chi connectivity index (χ4n) is 4.46. The average molecular weight is 492 g/mol. The Morgan fingerprint density at radius 2 is 2.09 bits per heavy atom. The predicted octanol–water partition coefficient (Wildman–Crippen LogP) is 6.51. The molecule has 1 aromatic carbocycles. The number of hydrogen-bond acceptors (Lipinski definition) is 4. The van der Waals surface area contributed by atoms with Crippen LogP contribution in [0.2, 0.25) is 10.0 Å². The Morgan fingerprint density at radius 1 is 1.34 bits per heavy atom. The van der Waals surface area contributed by atoms with Gasteiger partial charge < -0.3 is 5.32 Å². The number of fused-ring (bicyclic) bond motifs is 3. The zero-order valence-electron chi connectivity index (χ0n) is 18.7. The SMILES string of the molecule is CCC(C(=O)Nc1ccc(Cl)cc1Cl)n1cnc2sc3c(c2c1=O)CCC(C(C)(C)C)C3. The van der Waals surface area contributed by atoms with E-state index in [-0.39, 0.29) is 16.9 Å². The van der Waals surface area contributed by atoms with Gasteiger partial charge in [-0.3, -0.25) is 14.2 Å². The van der Waals surface area contributed by atoms with Gasteiger partial charge in [-0.05, 0) is 60.8 Å². The second-order valence-corrected chi connectivity index (χ2v) is 11.4. The first-order chi connectivity index (χ1) is 15.1. The van der Waals surface area contributed by atoms with Gasteiger partial charge in [0.25, 0.3) is 5.56 Å². The van der Waals surface area contributed by atoms with Crippen molar-refractivity contribution < 1.29 is 4.79 Å². The second kappa shape index (κ2) is 8.81. The molecule has 0 saturated heterocycles. The first kappa shape index (κ1) is 23.3. The van der Waals surface area contributed by atoms with E-state index in [0.717, 1.165) is 29.7 Å². The summed E-state index contributed by atoms with van der Waals surface area (Å²) in [4.78, 5) is 33.2. The lowest BCUT2D eigenvalue weighted by molar-refractivity contribution is -0.119. The van der Waals surface area contributed by atoms with Crippen LogP contribution < -0.4 is 10.9 Å². The van der Waals surface area contributed by atoms with Crippen molar-refractivity contribution in [2.24, 2.45) is 11.3 Å². The number of aryl methyl sites for hydroxylation is 1. The number of nitrogens with one attached hydrogen (secondary N) is 1. The van der Waals surface area contributed by atoms with Crippen molar-refractivity contribution in [1.82, 2.24) is 9.55 Å². The van der Waals surface area contributed by atoms with Gasteiger partial charge in [0.2, 0.25) is 5.91 Å². The molecule has 2 heterocycles. The number of anilines is 1. The quantitative estimate of drug-likeness (QED) is 0.452. The van der Waals surface area contributed by atoms with E-state index in [0.29, 0.717) is 33.5 Å². The molecule has 32 heavy (non-hydrogen) atoms. The fraction of sp³-hybridized carbons (Fsp3) is 0.458. The minimum atomic E-state index is -0.687. The molecular formula is C24H27Cl2N3O2S. The van der Waals surface area contributed by atoms with E-state index in [1.165, 1.54) is 15.8 Å². The summed E-state index contributed by atoms with van der Waals surface area (Å²) in [7, 11) is 0. The minimum Gasteiger partial charge on any atom is -0.323 e. The summed E-state index contributed by atoms with van der Waals surface area (Å²) < 4.78 is 1.46. The van der Waals surface area contributed by atoms with Crippen molar-refractivity contribution in [3.63, 3.8) is 0 Å². The number of halogens is 2. The average Bonchev–Trinajstić information content (AvgIpc) is 3.10. The number of carbonyl (C=O) groups excluding carboxylic acids is 1. The van der Waals surface area contributed by atoms with E-state index in [4.69, 9.17) is 23.2 Å². The maximum atomic E-state index is 13.5. The Balaban J connectivity index is 1.68. The minimum absolute atomic E-state index is 0.147. The Kier molecular flexibility index (Phi) is 6.40. The number of aromatic nitrogens is 2. The summed E-state index contributed by atoms with van der Waals surface area (Å²) in [5.41, 5.74) is 1.66. The van der Waals surface area contributed by atoms with Gasteiger partial charge in [0.15, 0.2) is 0 Å². The number of thiophene rings is 1. The molecule has 8 heteroatoms. The molecule has 4 rings (SSSR count). The number of benzene rings is 1. The molecule has 1 aliphatic carbocycles. The van der Waals surface area contributed by atoms with E-state index < -0.39 is 6.04 Å². The molecule has 5 nitrogen and oxygen atoms in total. The highest BCUT2D eigenvalue weighted by molar-refractivity contribution is 7.18. The van der Waals surface area contributed by atoms with Crippen LogP contribution >= 0.6 is 34.5 Å². The molecule has 1 amide bonds. The van der Waals surface area contributed by atoms with Crippen molar-refractivity contribution >= 4 is 56.3 Å². The molecule has 1 aliphatic rings. The summed E-state index contributed by atoms with van der Waals surface area (Å²) in [6, 6.07) is 4.20. The molecular weight excluding hydrogens is 465 g/mol. The van der Waals surface area contributed by atoms with Crippen LogP contribution in [0.5, 0.6) is 0 Å². The Bertz CT molecular complexity index is 1240. The van der Waals surface area contributed by atoms with Crippen molar-refractivity contribution in [1.29, 1.82) is 0 Å². The van der Waals surface area contributed by atoms with Crippen LogP contribution in [-0.4, -0.2) is 15.5 Å². The molecule has 2 unspecified atom stereocenters. The summed E-state index contributed by atoms with van der Waals surface area (Å²) >= 11 is 13.8. The molecule has 3 aromatic rings. The van der Waals surface area contributed by atoms with Crippen molar-refractivity contribution in [3.8, 4) is 0 Å². The number of nitrogens with zero attached hydrogens (tertiary/aromatic N) is 2. The van der Waals surface area contributed by atoms with Crippen molar-refractivity contribution in [2.75, 3.05) is 5.32 Å². The fourth-order valence-corrected chi connectivity index (χ4v) is 6.17. The van der Waals surface area contributed by atoms with Crippen LogP contribution in [0.25, 0.3) is 10.2 Å². The Morgan fingerprint density at radius 3 is 2.75 bits per heavy atom. The van der Waals surface area contributed by atoms with Gasteiger partial charge in [-0.15, -0.1) is 11.3 Å². The molecule has 0 fully saturated rings. The normalized spacial score (nSPS) is 17.2. The van der Waals surface area contributed by atoms with Crippen LogP contribution in [0.1, 0.15) is 57.0 Å². The standard InChI is InChI=1S/C24H27Cl2N3O2S/c1-5-18(21(30)28-17-9-7-14(25)11-16(17)26)29-12-27-22-20(23(29)31)15-8-6-13(24(2,3)4)10-19(15)32-22/h7,9,11-13,18H,5-6,8,10H2,1-4H3,(H,28,30). The highest BCUT2D eigenvalue weighted by atomic mass is 35.5. The largest absolute Gasteiger partial charge is 0.323 e. The van der Waals surface area contributed by atoms with Crippen LogP contribution in [0, 0.1) is 11.3 Å². The van der Waals surface area contributed by atoms with E-state index in [1.54, 1.807) is 29.5 Å². The van der Waals surface area contributed by atoms with Gasteiger partial charge in [0.1, 0.15) is 10.9 Å². The van der Waals surface area contributed by atoms with Gasteiger partial charge >= 0.3 is 0 Å². The van der Waals surface area contributed by atoms with Gasteiger partial charge in [-0.1, -0.05) is 50.9 Å². The van der Waals surface area contributed by atoms with E-state index in [2.05, 4.69) is 31.1 Å². The predicted molar refractivity (Wildman–Crippen MR) is 133 cm³/mol. The molecule has 170 valence electrons. The number of rotatable bonds is 4. The van der Waals surface area contributed by atoms with Crippen molar-refractivity contribution in [2.45, 2.75) is 59.4 Å². The maximum Gasteiger partial charge on any atom is 0.263 e. The zero-order chi connectivity index (χ0) is 23.2. The molecule has 0 aliphatic heterocycles. The topological polar surface area (TPSA) is 64.0 Å². The summed E-state index contributed by atoms with van der Waals surface area (Å²) in [5, 5.41) is 4.34. The molecule has 0 bridgehead atoms. The summed E-state index contributed by atoms with van der Waals surface area (Å²) in [6.07, 6.45) is 4.87. The lowest BCUT2D eigenvalue weighted by Gasteiger charge is -2.33. The first-order valence-corrected chi connectivity index (χ1v) is 12.4. The lowest BCUT2D eigenvalue weighted by Crippen LogP contribution is -2.33. The number of amides is 1. The number of carbonyl (C=O) groups is 1. The summed E-state index contributed by atoms with van der Waals surface area (Å²) in [5.74, 6) is 0.278. The van der Waals surface area contributed by atoms with Crippen LogP contribution in [0.3, 0.4) is 0 Å². The maximum absolute atomic E-state index is 13.5. The van der Waals surface area contributed by atoms with Gasteiger partial charge in [-0.2, -0.15) is 0 Å². The van der Waals surface area contributed by atoms with Gasteiger partial charge in [0, 0.05) is 9.90 Å². The molecule has 1 N–H and O–H groups in total. The van der Waals surface area contributed by atoms with Crippen LogP contribution in [0.4, 0.5) is 5.69 Å². The molecule has 0 spiro atoms. The summed E-state index contributed by atoms with van der Waals surface area (Å²) in [6.45, 7) is 8.71. The van der Waals surface area contributed by atoms with Crippen molar-refractivity contribution in [3.05, 3.63) is 55.4 Å². The number of hydrogen-bond donors (Lipinski definition) is 1. The van der Waals surface area contributed by atoms with Gasteiger partial charge in [0.05, 0.1) is 22.4 Å². The lowest BCUT2D eigenvalue weighted by atomic mass is 9.72. The monoisotopic (exact) mass is 491 g/mol. The second-order valence-electron chi connectivity index (χ2n) is 9.48. The molecule has 0 saturated carbocycles. The van der Waals surface area contributed by atoms with E-state index in [1.807, 2.05) is 6.92 Å². The van der Waals surface area contributed by atoms with Crippen LogP contribution in [-0.2, 0) is 17.6 Å². The zero-order valence-corrected chi connectivity index (χ0v) is 21.0. The van der Waals surface area contributed by atoms with Gasteiger partial charge in [-0.25, -0.2) is 4.98 Å². The first-order valence-electron chi connectivity index (χ1n) is 10.9. The molecule has 2 aromatic heterocycles. The third kappa shape index (κ3) is 4.33. The smallest absolute Gasteiger partial charge is 0.263 e.